The molecule has 0 amide bonds. The van der Waals surface area contributed by atoms with Gasteiger partial charge in [-0.2, -0.15) is 0 Å². The van der Waals surface area contributed by atoms with Crippen molar-refractivity contribution < 1.29 is 14.6 Å². The van der Waals surface area contributed by atoms with E-state index in [0.29, 0.717) is 12.4 Å². The molecule has 1 aliphatic rings. The minimum Gasteiger partial charge on any atom is -0.460 e. The molecule has 5 nitrogen and oxygen atoms in total. The van der Waals surface area contributed by atoms with Crippen LogP contribution in [-0.4, -0.2) is 33.6 Å². The van der Waals surface area contributed by atoms with Gasteiger partial charge in [-0.05, 0) is 37.7 Å². The van der Waals surface area contributed by atoms with Gasteiger partial charge in [-0.1, -0.05) is 6.92 Å². The molecule has 1 unspecified atom stereocenters. The van der Waals surface area contributed by atoms with Crippen molar-refractivity contribution in [1.29, 1.82) is 0 Å². The van der Waals surface area contributed by atoms with Crippen molar-refractivity contribution in [1.82, 2.24) is 9.97 Å². The number of rotatable bonds is 6. The number of hydrogen-bond acceptors (Lipinski definition) is 5. The quantitative estimate of drug-likeness (QED) is 0.861. The number of Topliss-reactive ketones (excluding diaryl/α,β-unsaturated/α-hetero) is 1. The summed E-state index contributed by atoms with van der Waals surface area (Å²) in [6.45, 7) is 1.98. The number of carbonyl (C=O) groups is 1. The molecular weight excluding hydrogens is 256 g/mol. The van der Waals surface area contributed by atoms with Gasteiger partial charge in [0.2, 0.25) is 0 Å². The fourth-order valence-electron chi connectivity index (χ4n) is 2.57. The molecule has 1 atom stereocenters. The average molecular weight is 278 g/mol. The van der Waals surface area contributed by atoms with Gasteiger partial charge in [-0.25, -0.2) is 9.97 Å². The third-order valence-corrected chi connectivity index (χ3v) is 3.81. The minimum atomic E-state index is 0.0641. The Labute approximate surface area is 119 Å². The summed E-state index contributed by atoms with van der Waals surface area (Å²) in [6.07, 6.45) is 7.35. The van der Waals surface area contributed by atoms with Crippen LogP contribution in [0.2, 0.25) is 0 Å². The molecule has 0 saturated heterocycles. The molecule has 1 heterocycles. The first-order valence-electron chi connectivity index (χ1n) is 7.26. The second kappa shape index (κ2) is 7.33. The van der Waals surface area contributed by atoms with E-state index in [9.17, 15) is 4.79 Å². The Bertz CT molecular complexity index is 416. The van der Waals surface area contributed by atoms with Crippen molar-refractivity contribution in [2.45, 2.75) is 45.1 Å². The molecule has 1 aromatic heterocycles. The third kappa shape index (κ3) is 4.27. The average Bonchev–Trinajstić information content (AvgIpc) is 2.49. The van der Waals surface area contributed by atoms with E-state index in [-0.39, 0.29) is 30.3 Å². The fraction of sp³-hybridized carbons (Fsp3) is 0.667. The van der Waals surface area contributed by atoms with Crippen molar-refractivity contribution in [2.24, 2.45) is 11.8 Å². The van der Waals surface area contributed by atoms with Crippen molar-refractivity contribution in [3.05, 3.63) is 18.5 Å². The second-order valence-electron chi connectivity index (χ2n) is 5.58. The summed E-state index contributed by atoms with van der Waals surface area (Å²) in [6, 6.07) is 2.17. The van der Waals surface area contributed by atoms with Crippen LogP contribution in [0.4, 0.5) is 0 Å². The number of nitrogens with zero attached hydrogens (tertiary/aromatic N) is 2. The van der Waals surface area contributed by atoms with Gasteiger partial charge in [-0.15, -0.1) is 0 Å². The first-order chi connectivity index (χ1) is 9.69. The van der Waals surface area contributed by atoms with Crippen LogP contribution < -0.4 is 4.74 Å². The van der Waals surface area contributed by atoms with Crippen LogP contribution in [0.1, 0.15) is 39.0 Å². The zero-order valence-corrected chi connectivity index (χ0v) is 11.9. The molecule has 20 heavy (non-hydrogen) atoms. The lowest BCUT2D eigenvalue weighted by Crippen LogP contribution is -2.29. The molecule has 0 bridgehead atoms. The number of ketones is 1. The number of carbonyl (C=O) groups excluding carboxylic acids is 1. The van der Waals surface area contributed by atoms with Gasteiger partial charge in [-0.3, -0.25) is 4.79 Å². The van der Waals surface area contributed by atoms with Gasteiger partial charge in [0.15, 0.2) is 0 Å². The molecule has 1 aromatic rings. The van der Waals surface area contributed by atoms with E-state index in [1.807, 2.05) is 6.92 Å². The third-order valence-electron chi connectivity index (χ3n) is 3.81. The van der Waals surface area contributed by atoms with Gasteiger partial charge in [0.1, 0.15) is 11.9 Å². The monoisotopic (exact) mass is 278 g/mol. The lowest BCUT2D eigenvalue weighted by atomic mass is 9.82. The second-order valence-corrected chi connectivity index (χ2v) is 5.58. The van der Waals surface area contributed by atoms with Crippen molar-refractivity contribution >= 4 is 5.78 Å². The first-order valence-corrected chi connectivity index (χ1v) is 7.26. The normalized spacial score (nSPS) is 24.1. The van der Waals surface area contributed by atoms with Crippen LogP contribution in [0.5, 0.6) is 6.01 Å². The number of aliphatic hydroxyl groups excluding tert-OH is 1. The summed E-state index contributed by atoms with van der Waals surface area (Å²) in [5.41, 5.74) is 0. The summed E-state index contributed by atoms with van der Waals surface area (Å²) in [5, 5.41) is 9.00. The maximum Gasteiger partial charge on any atom is 0.316 e. The number of ether oxygens (including phenoxy) is 1. The van der Waals surface area contributed by atoms with E-state index < -0.39 is 0 Å². The Morgan fingerprint density at radius 1 is 1.35 bits per heavy atom. The van der Waals surface area contributed by atoms with Gasteiger partial charge in [0.05, 0.1) is 0 Å². The highest BCUT2D eigenvalue weighted by Gasteiger charge is 2.28. The molecule has 1 aliphatic carbocycles. The maximum atomic E-state index is 12.1. The van der Waals surface area contributed by atoms with E-state index in [1.54, 1.807) is 18.5 Å². The molecule has 110 valence electrons. The molecule has 1 fully saturated rings. The molecule has 2 rings (SSSR count). The van der Waals surface area contributed by atoms with Gasteiger partial charge < -0.3 is 9.84 Å². The van der Waals surface area contributed by atoms with E-state index in [2.05, 4.69) is 9.97 Å². The Morgan fingerprint density at radius 2 is 2.00 bits per heavy atom. The Morgan fingerprint density at radius 3 is 2.60 bits per heavy atom. The van der Waals surface area contributed by atoms with Gasteiger partial charge >= 0.3 is 6.01 Å². The Balaban J connectivity index is 1.76. The van der Waals surface area contributed by atoms with Crippen molar-refractivity contribution in [3.8, 4) is 6.01 Å². The van der Waals surface area contributed by atoms with Crippen LogP contribution >= 0.6 is 0 Å². The molecule has 1 saturated carbocycles. The highest BCUT2D eigenvalue weighted by molar-refractivity contribution is 5.81. The largest absolute Gasteiger partial charge is 0.460 e. The molecule has 0 radical (unpaired) electrons. The molecule has 1 N–H and O–H groups in total. The zero-order chi connectivity index (χ0) is 14.4. The summed E-state index contributed by atoms with van der Waals surface area (Å²) < 4.78 is 5.71. The summed E-state index contributed by atoms with van der Waals surface area (Å²) in [5.74, 6) is 0.468. The smallest absolute Gasteiger partial charge is 0.316 e. The number of hydrogen-bond donors (Lipinski definition) is 1. The highest BCUT2D eigenvalue weighted by atomic mass is 16.5. The topological polar surface area (TPSA) is 72.3 Å². The van der Waals surface area contributed by atoms with Crippen LogP contribution in [-0.2, 0) is 4.79 Å². The highest BCUT2D eigenvalue weighted by Crippen LogP contribution is 2.28. The van der Waals surface area contributed by atoms with Crippen LogP contribution in [0.25, 0.3) is 0 Å². The first kappa shape index (κ1) is 14.9. The van der Waals surface area contributed by atoms with E-state index in [4.69, 9.17) is 9.84 Å². The Hall–Kier alpha value is -1.49. The lowest BCUT2D eigenvalue weighted by Gasteiger charge is -2.27. The SMILES string of the molecule is CC(CO)CC(=O)C1CCC(Oc2ncccn2)CC1. The van der Waals surface area contributed by atoms with Crippen molar-refractivity contribution in [3.63, 3.8) is 0 Å². The van der Waals surface area contributed by atoms with Crippen LogP contribution in [0.15, 0.2) is 18.5 Å². The standard InChI is InChI=1S/C15H22N2O3/c1-11(10-18)9-14(19)12-3-5-13(6-4-12)20-15-16-7-2-8-17-15/h2,7-8,11-13,18H,3-6,9-10H2,1H3. The molecular formula is C15H22N2O3. The lowest BCUT2D eigenvalue weighted by molar-refractivity contribution is -0.125. The molecule has 5 heteroatoms. The molecule has 0 spiro atoms. The van der Waals surface area contributed by atoms with E-state index in [1.165, 1.54) is 0 Å². The van der Waals surface area contributed by atoms with E-state index in [0.717, 1.165) is 25.7 Å². The summed E-state index contributed by atoms with van der Waals surface area (Å²) >= 11 is 0. The maximum absolute atomic E-state index is 12.1. The van der Waals surface area contributed by atoms with Gasteiger partial charge in [0.25, 0.3) is 0 Å². The Kier molecular flexibility index (Phi) is 5.47. The van der Waals surface area contributed by atoms with Gasteiger partial charge in [0, 0.05) is 31.3 Å². The fourth-order valence-corrected chi connectivity index (χ4v) is 2.57. The number of aliphatic hydroxyl groups is 1. The predicted octanol–water partition coefficient (Wildman–Crippen LogP) is 2.00. The van der Waals surface area contributed by atoms with Crippen LogP contribution in [0, 0.1) is 11.8 Å². The molecule has 0 aliphatic heterocycles. The van der Waals surface area contributed by atoms with E-state index >= 15 is 0 Å². The minimum absolute atomic E-state index is 0.0641. The summed E-state index contributed by atoms with van der Waals surface area (Å²) in [7, 11) is 0. The predicted molar refractivity (Wildman–Crippen MR) is 74.3 cm³/mol. The zero-order valence-electron chi connectivity index (χ0n) is 11.9. The van der Waals surface area contributed by atoms with Crippen LogP contribution in [0.3, 0.4) is 0 Å². The number of aromatic nitrogens is 2. The molecule has 0 aromatic carbocycles. The van der Waals surface area contributed by atoms with Crippen molar-refractivity contribution in [2.75, 3.05) is 6.61 Å². The summed E-state index contributed by atoms with van der Waals surface area (Å²) in [4.78, 5) is 20.2.